The quantitative estimate of drug-likeness (QED) is 0.809. The molecule has 2 aromatic rings. The summed E-state index contributed by atoms with van der Waals surface area (Å²) in [5, 5.41) is 2.42. The van der Waals surface area contributed by atoms with Gasteiger partial charge in [-0.3, -0.25) is 4.79 Å². The standard InChI is InChI=1S/C18H20N2O3S/c21-18(19-15-9-5-2-6-10-15)17(13-14-7-3-1-4-8-14)20-24(22,23)16-11-12-16/h1-10,16-17,20H,11-13H2,(H,19,21)/t17-/m0/s1. The molecular weight excluding hydrogens is 324 g/mol. The van der Waals surface area contributed by atoms with Crippen LogP contribution in [-0.4, -0.2) is 25.6 Å². The molecule has 24 heavy (non-hydrogen) atoms. The van der Waals surface area contributed by atoms with Crippen LogP contribution in [0, 0.1) is 0 Å². The molecular formula is C18H20N2O3S. The van der Waals surface area contributed by atoms with Crippen LogP contribution in [0.3, 0.4) is 0 Å². The first-order valence-electron chi connectivity index (χ1n) is 7.95. The van der Waals surface area contributed by atoms with Gasteiger partial charge in [0, 0.05) is 5.69 Å². The van der Waals surface area contributed by atoms with Gasteiger partial charge in [0.15, 0.2) is 0 Å². The van der Waals surface area contributed by atoms with Crippen molar-refractivity contribution in [1.82, 2.24) is 4.72 Å². The predicted octanol–water partition coefficient (Wildman–Crippen LogP) is 2.32. The van der Waals surface area contributed by atoms with Crippen molar-refractivity contribution in [3.63, 3.8) is 0 Å². The second kappa shape index (κ2) is 7.15. The summed E-state index contributed by atoms with van der Waals surface area (Å²) in [6.45, 7) is 0. The summed E-state index contributed by atoms with van der Waals surface area (Å²) < 4.78 is 27.1. The molecule has 0 radical (unpaired) electrons. The monoisotopic (exact) mass is 344 g/mol. The van der Waals surface area contributed by atoms with Gasteiger partial charge in [0.1, 0.15) is 6.04 Å². The lowest BCUT2D eigenvalue weighted by Gasteiger charge is -2.18. The smallest absolute Gasteiger partial charge is 0.242 e. The number of benzene rings is 2. The normalized spacial score (nSPS) is 15.7. The van der Waals surface area contributed by atoms with Gasteiger partial charge in [-0.15, -0.1) is 0 Å². The number of para-hydroxylation sites is 1. The minimum absolute atomic E-state index is 0.311. The van der Waals surface area contributed by atoms with Crippen LogP contribution in [0.4, 0.5) is 5.69 Å². The fraction of sp³-hybridized carbons (Fsp3) is 0.278. The Bertz CT molecular complexity index is 788. The van der Waals surface area contributed by atoms with Gasteiger partial charge in [-0.1, -0.05) is 48.5 Å². The number of nitrogens with one attached hydrogen (secondary N) is 2. The van der Waals surface area contributed by atoms with Crippen molar-refractivity contribution in [2.75, 3.05) is 5.32 Å². The van der Waals surface area contributed by atoms with E-state index in [-0.39, 0.29) is 11.2 Å². The molecule has 0 spiro atoms. The second-order valence-corrected chi connectivity index (χ2v) is 7.95. The first-order chi connectivity index (χ1) is 11.5. The largest absolute Gasteiger partial charge is 0.325 e. The molecule has 1 saturated carbocycles. The van der Waals surface area contributed by atoms with Crippen molar-refractivity contribution in [1.29, 1.82) is 0 Å². The minimum atomic E-state index is -3.45. The van der Waals surface area contributed by atoms with E-state index in [1.807, 2.05) is 48.5 Å². The first-order valence-corrected chi connectivity index (χ1v) is 9.50. The lowest BCUT2D eigenvalue weighted by atomic mass is 10.1. The average molecular weight is 344 g/mol. The predicted molar refractivity (Wildman–Crippen MR) is 94.1 cm³/mol. The maximum atomic E-state index is 12.6. The van der Waals surface area contributed by atoms with Crippen LogP contribution in [0.5, 0.6) is 0 Å². The number of hydrogen-bond acceptors (Lipinski definition) is 3. The third kappa shape index (κ3) is 4.43. The highest BCUT2D eigenvalue weighted by Gasteiger charge is 2.38. The second-order valence-electron chi connectivity index (χ2n) is 5.96. The zero-order valence-electron chi connectivity index (χ0n) is 13.2. The van der Waals surface area contributed by atoms with E-state index in [1.54, 1.807) is 12.1 Å². The van der Waals surface area contributed by atoms with Crippen molar-refractivity contribution in [2.45, 2.75) is 30.6 Å². The molecule has 5 nitrogen and oxygen atoms in total. The zero-order valence-corrected chi connectivity index (χ0v) is 14.0. The maximum Gasteiger partial charge on any atom is 0.242 e. The Labute approximate surface area is 142 Å². The fourth-order valence-electron chi connectivity index (χ4n) is 2.46. The summed E-state index contributed by atoms with van der Waals surface area (Å²) >= 11 is 0. The Morgan fingerprint density at radius 3 is 2.17 bits per heavy atom. The molecule has 1 amide bonds. The SMILES string of the molecule is O=C(Nc1ccccc1)[C@H](Cc1ccccc1)NS(=O)(=O)C1CC1. The summed E-state index contributed by atoms with van der Waals surface area (Å²) in [7, 11) is -3.45. The van der Waals surface area contributed by atoms with Gasteiger partial charge >= 0.3 is 0 Å². The van der Waals surface area contributed by atoms with Crippen LogP contribution in [0.15, 0.2) is 60.7 Å². The number of sulfonamides is 1. The first kappa shape index (κ1) is 16.7. The molecule has 1 aliphatic rings. The van der Waals surface area contributed by atoms with Crippen molar-refractivity contribution >= 4 is 21.6 Å². The van der Waals surface area contributed by atoms with Crippen molar-refractivity contribution in [2.24, 2.45) is 0 Å². The highest BCUT2D eigenvalue weighted by atomic mass is 32.2. The van der Waals surface area contributed by atoms with Crippen molar-refractivity contribution in [3.05, 3.63) is 66.2 Å². The molecule has 126 valence electrons. The molecule has 3 rings (SSSR count). The molecule has 0 aliphatic heterocycles. The third-order valence-corrected chi connectivity index (χ3v) is 5.87. The lowest BCUT2D eigenvalue weighted by molar-refractivity contribution is -0.117. The van der Waals surface area contributed by atoms with E-state index in [0.29, 0.717) is 24.9 Å². The van der Waals surface area contributed by atoms with Crippen molar-refractivity contribution in [3.8, 4) is 0 Å². The van der Waals surface area contributed by atoms with E-state index < -0.39 is 16.1 Å². The van der Waals surface area contributed by atoms with Gasteiger partial charge in [-0.25, -0.2) is 13.1 Å². The number of carbonyl (C=O) groups is 1. The van der Waals surface area contributed by atoms with Gasteiger partial charge in [0.25, 0.3) is 0 Å². The highest BCUT2D eigenvalue weighted by molar-refractivity contribution is 7.90. The molecule has 0 heterocycles. The number of hydrogen-bond donors (Lipinski definition) is 2. The summed E-state index contributed by atoms with van der Waals surface area (Å²) in [6, 6.07) is 17.6. The number of rotatable bonds is 7. The Hall–Kier alpha value is -2.18. The molecule has 2 N–H and O–H groups in total. The highest BCUT2D eigenvalue weighted by Crippen LogP contribution is 2.28. The van der Waals surface area contributed by atoms with Gasteiger partial charge in [-0.2, -0.15) is 0 Å². The Morgan fingerprint density at radius 2 is 1.58 bits per heavy atom. The summed E-state index contributed by atoms with van der Waals surface area (Å²) in [5.74, 6) is -0.353. The molecule has 0 unspecified atom stereocenters. The molecule has 0 bridgehead atoms. The summed E-state index contributed by atoms with van der Waals surface area (Å²) in [6.07, 6.45) is 1.63. The van der Waals surface area contributed by atoms with E-state index in [2.05, 4.69) is 10.0 Å². The fourth-order valence-corrected chi connectivity index (χ4v) is 4.00. The van der Waals surface area contributed by atoms with Crippen LogP contribution in [0.2, 0.25) is 0 Å². The molecule has 1 atom stereocenters. The van der Waals surface area contributed by atoms with E-state index in [0.717, 1.165) is 5.56 Å². The van der Waals surface area contributed by atoms with E-state index in [9.17, 15) is 13.2 Å². The Morgan fingerprint density at radius 1 is 1.00 bits per heavy atom. The molecule has 2 aromatic carbocycles. The minimum Gasteiger partial charge on any atom is -0.325 e. The van der Waals surface area contributed by atoms with Crippen LogP contribution < -0.4 is 10.0 Å². The van der Waals surface area contributed by atoms with Gasteiger partial charge < -0.3 is 5.32 Å². The van der Waals surface area contributed by atoms with Gasteiger partial charge in [-0.05, 0) is 37.0 Å². The summed E-state index contributed by atoms with van der Waals surface area (Å²) in [5.41, 5.74) is 1.55. The lowest BCUT2D eigenvalue weighted by Crippen LogP contribution is -2.46. The van der Waals surface area contributed by atoms with Crippen LogP contribution in [0.1, 0.15) is 18.4 Å². The molecule has 0 saturated heterocycles. The van der Waals surface area contributed by atoms with Crippen LogP contribution in [0.25, 0.3) is 0 Å². The maximum absolute atomic E-state index is 12.6. The Kier molecular flexibility index (Phi) is 4.97. The van der Waals surface area contributed by atoms with E-state index in [1.165, 1.54) is 0 Å². The number of carbonyl (C=O) groups excluding carboxylic acids is 1. The molecule has 1 aliphatic carbocycles. The zero-order chi connectivity index (χ0) is 17.0. The third-order valence-electron chi connectivity index (χ3n) is 3.91. The number of anilines is 1. The van der Waals surface area contributed by atoms with Crippen LogP contribution >= 0.6 is 0 Å². The molecule has 1 fully saturated rings. The van der Waals surface area contributed by atoms with Crippen LogP contribution in [-0.2, 0) is 21.2 Å². The average Bonchev–Trinajstić information content (AvgIpc) is 3.41. The Balaban J connectivity index is 1.76. The summed E-state index contributed by atoms with van der Waals surface area (Å²) in [4.78, 5) is 12.6. The van der Waals surface area contributed by atoms with Gasteiger partial charge in [0.05, 0.1) is 5.25 Å². The molecule has 0 aromatic heterocycles. The van der Waals surface area contributed by atoms with E-state index >= 15 is 0 Å². The van der Waals surface area contributed by atoms with E-state index in [4.69, 9.17) is 0 Å². The van der Waals surface area contributed by atoms with Gasteiger partial charge in [0.2, 0.25) is 15.9 Å². The molecule has 6 heteroatoms. The number of amides is 1. The van der Waals surface area contributed by atoms with Crippen molar-refractivity contribution < 1.29 is 13.2 Å². The topological polar surface area (TPSA) is 75.3 Å².